The first-order valence-corrected chi connectivity index (χ1v) is 6.67. The molecule has 1 saturated carbocycles. The van der Waals surface area contributed by atoms with E-state index in [0.717, 1.165) is 12.8 Å². The fourth-order valence-electron chi connectivity index (χ4n) is 2.89. The maximum atomic E-state index is 12.2. The highest BCUT2D eigenvalue weighted by atomic mass is 16.1. The van der Waals surface area contributed by atoms with Crippen LogP contribution in [0.25, 0.3) is 0 Å². The van der Waals surface area contributed by atoms with Crippen LogP contribution in [0.3, 0.4) is 0 Å². The number of aromatic nitrogens is 2. The summed E-state index contributed by atoms with van der Waals surface area (Å²) in [5.74, 6) is 1.02. The van der Waals surface area contributed by atoms with E-state index in [-0.39, 0.29) is 5.56 Å². The Morgan fingerprint density at radius 2 is 2.33 bits per heavy atom. The van der Waals surface area contributed by atoms with Crippen molar-refractivity contribution in [1.82, 2.24) is 9.55 Å². The SMILES string of the molecule is CCn1ccnc(N(C)C2CCCC2CN)c1=O. The molecule has 0 aliphatic heterocycles. The van der Waals surface area contributed by atoms with Crippen LogP contribution in [-0.2, 0) is 6.54 Å². The Morgan fingerprint density at radius 1 is 1.56 bits per heavy atom. The summed E-state index contributed by atoms with van der Waals surface area (Å²) < 4.78 is 1.69. The van der Waals surface area contributed by atoms with E-state index in [4.69, 9.17) is 5.73 Å². The zero-order valence-corrected chi connectivity index (χ0v) is 11.2. The Morgan fingerprint density at radius 3 is 3.00 bits per heavy atom. The van der Waals surface area contributed by atoms with Crippen LogP contribution in [0.5, 0.6) is 0 Å². The summed E-state index contributed by atoms with van der Waals surface area (Å²) in [5, 5.41) is 0. The summed E-state index contributed by atoms with van der Waals surface area (Å²) >= 11 is 0. The Balaban J connectivity index is 2.28. The molecule has 5 nitrogen and oxygen atoms in total. The Hall–Kier alpha value is -1.36. The fraction of sp³-hybridized carbons (Fsp3) is 0.692. The first-order chi connectivity index (χ1) is 8.69. The van der Waals surface area contributed by atoms with Gasteiger partial charge in [-0.1, -0.05) is 6.42 Å². The minimum absolute atomic E-state index is 0.00910. The van der Waals surface area contributed by atoms with Gasteiger partial charge in [0.15, 0.2) is 5.82 Å². The molecule has 0 aromatic carbocycles. The highest BCUT2D eigenvalue weighted by Crippen LogP contribution is 2.29. The van der Waals surface area contributed by atoms with Crippen LogP contribution in [0.15, 0.2) is 17.2 Å². The van der Waals surface area contributed by atoms with Gasteiger partial charge < -0.3 is 15.2 Å². The molecule has 18 heavy (non-hydrogen) atoms. The Kier molecular flexibility index (Phi) is 4.01. The third-order valence-corrected chi connectivity index (χ3v) is 3.99. The molecule has 1 heterocycles. The first kappa shape index (κ1) is 13.1. The standard InChI is InChI=1S/C13H22N4O/c1-3-17-8-7-15-12(13(17)18)16(2)11-6-4-5-10(11)9-14/h7-8,10-11H,3-6,9,14H2,1-2H3. The van der Waals surface area contributed by atoms with Gasteiger partial charge in [0.05, 0.1) is 0 Å². The maximum Gasteiger partial charge on any atom is 0.293 e. The summed E-state index contributed by atoms with van der Waals surface area (Å²) in [7, 11) is 1.96. The van der Waals surface area contributed by atoms with E-state index >= 15 is 0 Å². The van der Waals surface area contributed by atoms with Crippen molar-refractivity contribution in [3.05, 3.63) is 22.7 Å². The van der Waals surface area contributed by atoms with Crippen LogP contribution < -0.4 is 16.2 Å². The molecule has 0 amide bonds. The van der Waals surface area contributed by atoms with Gasteiger partial charge in [-0.05, 0) is 32.2 Å². The van der Waals surface area contributed by atoms with Crippen molar-refractivity contribution in [1.29, 1.82) is 0 Å². The number of rotatable bonds is 4. The molecule has 0 spiro atoms. The molecule has 100 valence electrons. The van der Waals surface area contributed by atoms with Gasteiger partial charge in [-0.3, -0.25) is 4.79 Å². The summed E-state index contributed by atoms with van der Waals surface area (Å²) in [6.45, 7) is 3.32. The zero-order chi connectivity index (χ0) is 13.1. The lowest BCUT2D eigenvalue weighted by atomic mass is 10.0. The van der Waals surface area contributed by atoms with Crippen LogP contribution in [0.4, 0.5) is 5.82 Å². The summed E-state index contributed by atoms with van der Waals surface area (Å²) in [6, 6.07) is 0.350. The molecule has 2 atom stereocenters. The molecule has 0 saturated heterocycles. The molecule has 1 aliphatic rings. The molecule has 2 N–H and O–H groups in total. The van der Waals surface area contributed by atoms with Gasteiger partial charge in [-0.15, -0.1) is 0 Å². The molecule has 0 bridgehead atoms. The number of anilines is 1. The lowest BCUT2D eigenvalue weighted by Crippen LogP contribution is -2.41. The topological polar surface area (TPSA) is 64.2 Å². The predicted molar refractivity (Wildman–Crippen MR) is 72.8 cm³/mol. The highest BCUT2D eigenvalue weighted by molar-refractivity contribution is 5.36. The number of aryl methyl sites for hydroxylation is 1. The lowest BCUT2D eigenvalue weighted by Gasteiger charge is -2.29. The first-order valence-electron chi connectivity index (χ1n) is 6.67. The van der Waals surface area contributed by atoms with Gasteiger partial charge in [0.2, 0.25) is 0 Å². The highest BCUT2D eigenvalue weighted by Gasteiger charge is 2.31. The largest absolute Gasteiger partial charge is 0.352 e. The van der Waals surface area contributed by atoms with Gasteiger partial charge in [-0.2, -0.15) is 0 Å². The second kappa shape index (κ2) is 5.52. The van der Waals surface area contributed by atoms with Crippen LogP contribution in [0.1, 0.15) is 26.2 Å². The number of nitrogens with two attached hydrogens (primary N) is 1. The van der Waals surface area contributed by atoms with Gasteiger partial charge >= 0.3 is 0 Å². The minimum Gasteiger partial charge on any atom is -0.352 e. The third-order valence-electron chi connectivity index (χ3n) is 3.99. The van der Waals surface area contributed by atoms with Crippen molar-refractivity contribution in [3.8, 4) is 0 Å². The smallest absolute Gasteiger partial charge is 0.293 e. The Labute approximate surface area is 108 Å². The molecular formula is C13H22N4O. The van der Waals surface area contributed by atoms with Gasteiger partial charge in [0.25, 0.3) is 5.56 Å². The maximum absolute atomic E-state index is 12.2. The second-order valence-electron chi connectivity index (χ2n) is 4.95. The van der Waals surface area contributed by atoms with Crippen molar-refractivity contribution in [2.45, 2.75) is 38.8 Å². The van der Waals surface area contributed by atoms with E-state index in [1.54, 1.807) is 17.0 Å². The Bertz CT molecular complexity index is 457. The van der Waals surface area contributed by atoms with E-state index in [0.29, 0.717) is 30.9 Å². The van der Waals surface area contributed by atoms with Crippen LogP contribution in [-0.4, -0.2) is 29.2 Å². The van der Waals surface area contributed by atoms with Crippen LogP contribution in [0, 0.1) is 5.92 Å². The quantitative estimate of drug-likeness (QED) is 0.859. The number of nitrogens with zero attached hydrogens (tertiary/aromatic N) is 3. The molecular weight excluding hydrogens is 228 g/mol. The van der Waals surface area contributed by atoms with Crippen molar-refractivity contribution >= 4 is 5.82 Å². The van der Waals surface area contributed by atoms with E-state index in [1.165, 1.54) is 6.42 Å². The molecule has 1 fully saturated rings. The number of hydrogen-bond acceptors (Lipinski definition) is 4. The van der Waals surface area contributed by atoms with Gasteiger partial charge in [0, 0.05) is 32.0 Å². The summed E-state index contributed by atoms with van der Waals surface area (Å²) in [5.41, 5.74) is 5.79. The van der Waals surface area contributed by atoms with E-state index in [1.807, 2.05) is 18.9 Å². The third kappa shape index (κ3) is 2.27. The normalized spacial score (nSPS) is 23.3. The van der Waals surface area contributed by atoms with Crippen molar-refractivity contribution in [3.63, 3.8) is 0 Å². The molecule has 2 rings (SSSR count). The minimum atomic E-state index is -0.00910. The number of hydrogen-bond donors (Lipinski definition) is 1. The second-order valence-corrected chi connectivity index (χ2v) is 4.95. The monoisotopic (exact) mass is 250 g/mol. The van der Waals surface area contributed by atoms with Crippen molar-refractivity contribution in [2.75, 3.05) is 18.5 Å². The van der Waals surface area contributed by atoms with Gasteiger partial charge in [0.1, 0.15) is 0 Å². The zero-order valence-electron chi connectivity index (χ0n) is 11.2. The van der Waals surface area contributed by atoms with Crippen LogP contribution >= 0.6 is 0 Å². The molecule has 5 heteroatoms. The van der Waals surface area contributed by atoms with E-state index in [2.05, 4.69) is 4.98 Å². The molecule has 1 aliphatic carbocycles. The molecule has 1 aromatic rings. The molecule has 0 radical (unpaired) electrons. The van der Waals surface area contributed by atoms with E-state index in [9.17, 15) is 4.79 Å². The van der Waals surface area contributed by atoms with E-state index < -0.39 is 0 Å². The average molecular weight is 250 g/mol. The molecule has 2 unspecified atom stereocenters. The van der Waals surface area contributed by atoms with Crippen molar-refractivity contribution in [2.24, 2.45) is 11.7 Å². The fourth-order valence-corrected chi connectivity index (χ4v) is 2.89. The van der Waals surface area contributed by atoms with Crippen molar-refractivity contribution < 1.29 is 0 Å². The summed E-state index contributed by atoms with van der Waals surface area (Å²) in [4.78, 5) is 18.5. The predicted octanol–water partition coefficient (Wildman–Crippen LogP) is 0.827. The van der Waals surface area contributed by atoms with Crippen LogP contribution in [0.2, 0.25) is 0 Å². The van der Waals surface area contributed by atoms with Gasteiger partial charge in [-0.25, -0.2) is 4.98 Å². The lowest BCUT2D eigenvalue weighted by molar-refractivity contribution is 0.470. The molecule has 1 aromatic heterocycles. The average Bonchev–Trinajstić information content (AvgIpc) is 2.86. The summed E-state index contributed by atoms with van der Waals surface area (Å²) in [6.07, 6.45) is 6.87.